The van der Waals surface area contributed by atoms with E-state index in [9.17, 15) is 9.59 Å². The number of hydrogen-bond donors (Lipinski definition) is 1. The zero-order chi connectivity index (χ0) is 21.3. The average molecular weight is 436 g/mol. The molecule has 158 valence electrons. The number of nitriles is 1. The fourth-order valence-electron chi connectivity index (χ4n) is 3.74. The number of rotatable bonds is 4. The number of nitrogens with one attached hydrogen (secondary N) is 1. The molecule has 0 saturated carbocycles. The van der Waals surface area contributed by atoms with Gasteiger partial charge in [0.25, 0.3) is 0 Å². The highest BCUT2D eigenvalue weighted by Crippen LogP contribution is 2.34. The normalized spacial score (nSPS) is 16.1. The average Bonchev–Trinajstić information content (AvgIpc) is 3.29. The van der Waals surface area contributed by atoms with Crippen LogP contribution in [0.4, 0.5) is 5.69 Å². The first-order chi connectivity index (χ1) is 14.5. The molecule has 1 atom stereocenters. The molecule has 7 nitrogen and oxygen atoms in total. The molecule has 0 bridgehead atoms. The van der Waals surface area contributed by atoms with Crippen LogP contribution in [0.2, 0.25) is 0 Å². The van der Waals surface area contributed by atoms with Gasteiger partial charge in [-0.15, -0.1) is 12.4 Å². The number of benzene rings is 2. The summed E-state index contributed by atoms with van der Waals surface area (Å²) in [5, 5.41) is 8.97. The number of carbonyl (C=O) groups is 2. The van der Waals surface area contributed by atoms with Gasteiger partial charge in [-0.2, -0.15) is 5.26 Å². The van der Waals surface area contributed by atoms with Crippen molar-refractivity contribution in [3.05, 3.63) is 82.9 Å². The van der Waals surface area contributed by atoms with Crippen molar-refractivity contribution in [2.45, 2.75) is 26.4 Å². The molecule has 3 aromatic rings. The lowest BCUT2D eigenvalue weighted by Crippen LogP contribution is -2.56. The van der Waals surface area contributed by atoms with Crippen molar-refractivity contribution >= 4 is 29.9 Å². The molecule has 2 aromatic carbocycles. The maximum atomic E-state index is 13.2. The summed E-state index contributed by atoms with van der Waals surface area (Å²) in [6.07, 6.45) is 3.35. The Kier molecular flexibility index (Phi) is 6.42. The van der Waals surface area contributed by atoms with Gasteiger partial charge in [0.15, 0.2) is 0 Å². The second-order valence-corrected chi connectivity index (χ2v) is 7.38. The van der Waals surface area contributed by atoms with Gasteiger partial charge in [0.2, 0.25) is 0 Å². The number of halogens is 1. The van der Waals surface area contributed by atoms with Crippen LogP contribution in [0.1, 0.15) is 34.1 Å². The standard InChI is InChI=1S/C23H21N5O2.ClH/c1-15-4-3-5-19(16(15)2)28-20(21-25-10-11-26-21)14-27(22(29)23(28)30)13-18-8-6-17(12-24)7-9-18;/h3-11,20H,13-14H2,1-2H3,(H,25,26);1H. The molecule has 1 unspecified atom stereocenters. The van der Waals surface area contributed by atoms with Gasteiger partial charge < -0.3 is 9.88 Å². The van der Waals surface area contributed by atoms with Crippen LogP contribution >= 0.6 is 12.4 Å². The summed E-state index contributed by atoms with van der Waals surface area (Å²) in [5.74, 6) is -0.505. The van der Waals surface area contributed by atoms with Crippen molar-refractivity contribution in [3.63, 3.8) is 0 Å². The van der Waals surface area contributed by atoms with Crippen molar-refractivity contribution in [2.24, 2.45) is 0 Å². The van der Waals surface area contributed by atoms with E-state index < -0.39 is 17.9 Å². The number of carbonyl (C=O) groups excluding carboxylic acids is 2. The lowest BCUT2D eigenvalue weighted by molar-refractivity contribution is -0.147. The van der Waals surface area contributed by atoms with Crippen LogP contribution in [0.15, 0.2) is 54.9 Å². The Hall–Kier alpha value is -3.63. The lowest BCUT2D eigenvalue weighted by Gasteiger charge is -2.40. The van der Waals surface area contributed by atoms with E-state index in [0.29, 0.717) is 23.6 Å². The van der Waals surface area contributed by atoms with Gasteiger partial charge in [-0.1, -0.05) is 24.3 Å². The molecule has 1 fully saturated rings. The fourth-order valence-corrected chi connectivity index (χ4v) is 3.74. The number of aryl methyl sites for hydroxylation is 1. The van der Waals surface area contributed by atoms with E-state index in [4.69, 9.17) is 5.26 Å². The molecule has 1 aliphatic heterocycles. The Morgan fingerprint density at radius 2 is 1.87 bits per heavy atom. The quantitative estimate of drug-likeness (QED) is 0.635. The molecule has 1 aliphatic rings. The Bertz CT molecular complexity index is 1140. The Morgan fingerprint density at radius 3 is 2.52 bits per heavy atom. The van der Waals surface area contributed by atoms with E-state index in [1.54, 1.807) is 46.5 Å². The third-order valence-electron chi connectivity index (χ3n) is 5.52. The summed E-state index contributed by atoms with van der Waals surface area (Å²) in [4.78, 5) is 36.8. The number of imidazole rings is 1. The third-order valence-corrected chi connectivity index (χ3v) is 5.52. The highest BCUT2D eigenvalue weighted by Gasteiger charge is 2.42. The predicted molar refractivity (Wildman–Crippen MR) is 119 cm³/mol. The largest absolute Gasteiger partial charge is 0.347 e. The second kappa shape index (κ2) is 9.02. The monoisotopic (exact) mass is 435 g/mol. The summed E-state index contributed by atoms with van der Waals surface area (Å²) >= 11 is 0. The Morgan fingerprint density at radius 1 is 1.13 bits per heavy atom. The summed E-state index contributed by atoms with van der Waals surface area (Å²) in [6, 6.07) is 14.4. The first-order valence-electron chi connectivity index (χ1n) is 9.66. The minimum absolute atomic E-state index is 0. The zero-order valence-corrected chi connectivity index (χ0v) is 18.0. The molecule has 0 radical (unpaired) electrons. The number of amides is 2. The van der Waals surface area contributed by atoms with E-state index in [-0.39, 0.29) is 19.0 Å². The minimum Gasteiger partial charge on any atom is -0.347 e. The molecule has 1 N–H and O–H groups in total. The summed E-state index contributed by atoms with van der Waals surface area (Å²) in [5.41, 5.74) is 4.12. The van der Waals surface area contributed by atoms with E-state index in [1.807, 2.05) is 32.0 Å². The van der Waals surface area contributed by atoms with E-state index >= 15 is 0 Å². The number of hydrogen-bond acceptors (Lipinski definition) is 4. The van der Waals surface area contributed by atoms with Crippen LogP contribution in [0.5, 0.6) is 0 Å². The van der Waals surface area contributed by atoms with E-state index in [1.165, 1.54) is 0 Å². The molecule has 31 heavy (non-hydrogen) atoms. The number of H-pyrrole nitrogens is 1. The van der Waals surface area contributed by atoms with Crippen LogP contribution in [0, 0.1) is 25.2 Å². The lowest BCUT2D eigenvalue weighted by atomic mass is 10.0. The van der Waals surface area contributed by atoms with E-state index in [0.717, 1.165) is 16.7 Å². The number of nitrogens with zero attached hydrogens (tertiary/aromatic N) is 4. The Labute approximate surface area is 186 Å². The van der Waals surface area contributed by atoms with Crippen molar-refractivity contribution < 1.29 is 9.59 Å². The van der Waals surface area contributed by atoms with Gasteiger partial charge in [-0.3, -0.25) is 14.5 Å². The molecule has 1 saturated heterocycles. The van der Waals surface area contributed by atoms with Crippen LogP contribution in [-0.4, -0.2) is 33.2 Å². The maximum Gasteiger partial charge on any atom is 0.317 e. The van der Waals surface area contributed by atoms with Crippen molar-refractivity contribution in [1.29, 1.82) is 5.26 Å². The third kappa shape index (κ3) is 4.16. The zero-order valence-electron chi connectivity index (χ0n) is 17.2. The van der Waals surface area contributed by atoms with Crippen molar-refractivity contribution in [2.75, 3.05) is 11.4 Å². The predicted octanol–water partition coefficient (Wildman–Crippen LogP) is 3.44. The molecule has 0 spiro atoms. The molecule has 2 amide bonds. The minimum atomic E-state index is -0.579. The highest BCUT2D eigenvalue weighted by molar-refractivity contribution is 6.41. The molecule has 8 heteroatoms. The second-order valence-electron chi connectivity index (χ2n) is 7.38. The SMILES string of the molecule is Cc1cccc(N2C(=O)C(=O)N(Cc3ccc(C#N)cc3)CC2c2ncc[nH]2)c1C.Cl. The van der Waals surface area contributed by atoms with Crippen LogP contribution in [0.3, 0.4) is 0 Å². The number of piperazine rings is 1. The van der Waals surface area contributed by atoms with Gasteiger partial charge in [0, 0.05) is 31.2 Å². The van der Waals surface area contributed by atoms with E-state index in [2.05, 4.69) is 16.0 Å². The number of anilines is 1. The Balaban J connectivity index is 0.00000272. The van der Waals surface area contributed by atoms with Crippen LogP contribution in [-0.2, 0) is 16.1 Å². The molecule has 1 aromatic heterocycles. The maximum absolute atomic E-state index is 13.2. The van der Waals surface area contributed by atoms with Gasteiger partial charge in [0.05, 0.1) is 11.6 Å². The fraction of sp³-hybridized carbons (Fsp3) is 0.217. The molecule has 2 heterocycles. The summed E-state index contributed by atoms with van der Waals surface area (Å²) in [7, 11) is 0. The molecule has 4 rings (SSSR count). The summed E-state index contributed by atoms with van der Waals surface area (Å²) in [6.45, 7) is 4.53. The number of aromatic amines is 1. The first-order valence-corrected chi connectivity index (χ1v) is 9.66. The van der Waals surface area contributed by atoms with Crippen LogP contribution in [0.25, 0.3) is 0 Å². The van der Waals surface area contributed by atoms with Crippen molar-refractivity contribution in [3.8, 4) is 6.07 Å². The molecular weight excluding hydrogens is 414 g/mol. The van der Waals surface area contributed by atoms with Gasteiger partial charge >= 0.3 is 11.8 Å². The van der Waals surface area contributed by atoms with Gasteiger partial charge in [-0.25, -0.2) is 4.98 Å². The smallest absolute Gasteiger partial charge is 0.317 e. The van der Waals surface area contributed by atoms with Gasteiger partial charge in [0.1, 0.15) is 11.9 Å². The topological polar surface area (TPSA) is 93.1 Å². The molecular formula is C23H22ClN5O2. The summed E-state index contributed by atoms with van der Waals surface area (Å²) < 4.78 is 0. The first kappa shape index (κ1) is 22.1. The van der Waals surface area contributed by atoms with Crippen LogP contribution < -0.4 is 4.90 Å². The molecule has 0 aliphatic carbocycles. The van der Waals surface area contributed by atoms with Gasteiger partial charge in [-0.05, 0) is 48.7 Å². The highest BCUT2D eigenvalue weighted by atomic mass is 35.5. The number of aromatic nitrogens is 2. The van der Waals surface area contributed by atoms with Crippen molar-refractivity contribution in [1.82, 2.24) is 14.9 Å².